The zero-order valence-electron chi connectivity index (χ0n) is 36.7. The molecule has 24 heteroatoms. The third-order valence-electron chi connectivity index (χ3n) is 9.60. The molecule has 0 spiro atoms. The monoisotopic (exact) mass is 972 g/mol. The second-order valence-electron chi connectivity index (χ2n) is 14.7. The molecule has 0 aliphatic heterocycles. The first kappa shape index (κ1) is 48.9. The predicted molar refractivity (Wildman–Crippen MR) is 260 cm³/mol. The lowest BCUT2D eigenvalue weighted by Gasteiger charge is -2.12. The Balaban J connectivity index is 0.000000211. The smallest absolute Gasteiger partial charge is 0.335 e. The Bertz CT molecular complexity index is 2690. The molecule has 0 saturated heterocycles. The maximum Gasteiger partial charge on any atom is 0.335 e. The third-order valence-corrected chi connectivity index (χ3v) is 9.60. The van der Waals surface area contributed by atoms with Gasteiger partial charge in [-0.15, -0.1) is 0 Å². The molecule has 0 radical (unpaired) electrons. The van der Waals surface area contributed by atoms with Crippen molar-refractivity contribution in [3.8, 4) is 0 Å². The van der Waals surface area contributed by atoms with Crippen molar-refractivity contribution in [3.63, 3.8) is 0 Å². The molecule has 2 aromatic heterocycles. The van der Waals surface area contributed by atoms with E-state index in [0.29, 0.717) is 34.1 Å². The predicted octanol–water partition coefficient (Wildman–Crippen LogP) is 8.39. The first-order valence-corrected chi connectivity index (χ1v) is 20.7. The minimum atomic E-state index is -1.05. The number of carbonyl (C=O) groups is 6. The van der Waals surface area contributed by atoms with E-state index in [1.54, 1.807) is 72.8 Å². The van der Waals surface area contributed by atoms with Gasteiger partial charge in [0.2, 0.25) is 35.7 Å². The number of carboxylic acids is 6. The highest BCUT2D eigenvalue weighted by molar-refractivity contribution is 5.91. The number of rotatable bonds is 18. The van der Waals surface area contributed by atoms with Gasteiger partial charge in [-0.2, -0.15) is 29.9 Å². The number of hydrogen-bond donors (Lipinski definition) is 12. The van der Waals surface area contributed by atoms with Crippen LogP contribution in [0.5, 0.6) is 0 Å². The first-order chi connectivity index (χ1) is 34.5. The van der Waals surface area contributed by atoms with E-state index >= 15 is 0 Å². The summed E-state index contributed by atoms with van der Waals surface area (Å²) in [5, 5.41) is 72.4. The molecule has 360 valence electrons. The molecule has 0 fully saturated rings. The summed E-state index contributed by atoms with van der Waals surface area (Å²) in [5.41, 5.74) is 3.89. The second-order valence-corrected chi connectivity index (χ2v) is 14.7. The van der Waals surface area contributed by atoms with E-state index in [0.717, 1.165) is 0 Å². The van der Waals surface area contributed by atoms with Crippen molar-refractivity contribution in [3.05, 3.63) is 179 Å². The fourth-order valence-corrected chi connectivity index (χ4v) is 6.04. The van der Waals surface area contributed by atoms with Gasteiger partial charge < -0.3 is 62.5 Å². The summed E-state index contributed by atoms with van der Waals surface area (Å²) in [5.74, 6) is -5.56. The van der Waals surface area contributed by atoms with Gasteiger partial charge in [0.05, 0.1) is 33.4 Å². The Kier molecular flexibility index (Phi) is 15.1. The van der Waals surface area contributed by atoms with Crippen LogP contribution >= 0.6 is 0 Å². The number of anilines is 12. The quantitative estimate of drug-likeness (QED) is 0.0384. The standard InChI is InChI=1S/2C24H18N6O6/c2*31-19(32)13-1-7-16(8-2-13)25-22-28-23(26-17-9-3-14(4-10-17)20(33)34)30-24(29-22)27-18-11-5-15(6-12-18)21(35)36/h2*1-12H,(H,31,32)(H,33,34)(H,35,36)(H3,25,26,27,28,29,30). The zero-order chi connectivity index (χ0) is 51.3. The van der Waals surface area contributed by atoms with Crippen LogP contribution in [0, 0.1) is 0 Å². The molecular weight excluding hydrogens is 937 g/mol. The number of aromatic carboxylic acids is 6. The number of benzene rings is 6. The summed E-state index contributed by atoms with van der Waals surface area (Å²) < 4.78 is 0. The van der Waals surface area contributed by atoms with Crippen molar-refractivity contribution >= 4 is 106 Å². The van der Waals surface area contributed by atoms with Crippen LogP contribution in [0.15, 0.2) is 146 Å². The van der Waals surface area contributed by atoms with Gasteiger partial charge in [-0.25, -0.2) is 28.8 Å². The van der Waals surface area contributed by atoms with E-state index in [4.69, 9.17) is 30.6 Å². The molecule has 0 amide bonds. The average molecular weight is 973 g/mol. The molecule has 0 bridgehead atoms. The van der Waals surface area contributed by atoms with Gasteiger partial charge in [0.25, 0.3) is 0 Å². The molecule has 6 aromatic carbocycles. The molecule has 0 unspecified atom stereocenters. The van der Waals surface area contributed by atoms with E-state index in [-0.39, 0.29) is 69.1 Å². The molecule has 12 N–H and O–H groups in total. The zero-order valence-corrected chi connectivity index (χ0v) is 36.7. The van der Waals surface area contributed by atoms with E-state index in [2.05, 4.69) is 61.8 Å². The lowest BCUT2D eigenvalue weighted by molar-refractivity contribution is 0.0686. The summed E-state index contributed by atoms with van der Waals surface area (Å²) in [6, 6.07) is 35.8. The van der Waals surface area contributed by atoms with Crippen molar-refractivity contribution in [2.75, 3.05) is 31.9 Å². The number of hydrogen-bond acceptors (Lipinski definition) is 18. The van der Waals surface area contributed by atoms with Crippen LogP contribution in [-0.4, -0.2) is 96.4 Å². The molecular formula is C48H36N12O12. The van der Waals surface area contributed by atoms with Crippen molar-refractivity contribution in [2.45, 2.75) is 0 Å². The third kappa shape index (κ3) is 13.5. The molecule has 72 heavy (non-hydrogen) atoms. The lowest BCUT2D eigenvalue weighted by Crippen LogP contribution is -2.08. The number of carboxylic acid groups (broad SMARTS) is 6. The lowest BCUT2D eigenvalue weighted by atomic mass is 10.2. The summed E-state index contributed by atoms with van der Waals surface area (Å²) in [6.07, 6.45) is 0. The summed E-state index contributed by atoms with van der Waals surface area (Å²) in [4.78, 5) is 92.5. The largest absolute Gasteiger partial charge is 0.478 e. The van der Waals surface area contributed by atoms with Crippen molar-refractivity contribution in [1.82, 2.24) is 29.9 Å². The molecule has 8 aromatic rings. The average Bonchev–Trinajstić information content (AvgIpc) is 3.35. The maximum atomic E-state index is 11.1. The minimum absolute atomic E-state index is 0.121. The molecule has 2 heterocycles. The van der Waals surface area contributed by atoms with Crippen molar-refractivity contribution in [1.29, 1.82) is 0 Å². The summed E-state index contributed by atoms with van der Waals surface area (Å²) in [7, 11) is 0. The highest BCUT2D eigenvalue weighted by Crippen LogP contribution is 2.24. The van der Waals surface area contributed by atoms with E-state index < -0.39 is 35.8 Å². The Morgan fingerprint density at radius 1 is 0.222 bits per heavy atom. The van der Waals surface area contributed by atoms with Crippen LogP contribution in [0.3, 0.4) is 0 Å². The van der Waals surface area contributed by atoms with Crippen LogP contribution in [0.4, 0.5) is 69.8 Å². The Morgan fingerprint density at radius 2 is 0.333 bits per heavy atom. The summed E-state index contributed by atoms with van der Waals surface area (Å²) in [6.45, 7) is 0. The van der Waals surface area contributed by atoms with Crippen LogP contribution in [0.1, 0.15) is 62.1 Å². The Labute approximate surface area is 404 Å². The topological polar surface area (TPSA) is 373 Å². The van der Waals surface area contributed by atoms with Gasteiger partial charge in [-0.1, -0.05) is 0 Å². The molecule has 0 atom stereocenters. The highest BCUT2D eigenvalue weighted by atomic mass is 16.4. The van der Waals surface area contributed by atoms with E-state index in [1.807, 2.05) is 0 Å². The molecule has 8 rings (SSSR count). The molecule has 0 aliphatic carbocycles. The normalized spacial score (nSPS) is 10.3. The van der Waals surface area contributed by atoms with Gasteiger partial charge in [0, 0.05) is 34.1 Å². The fraction of sp³-hybridized carbons (Fsp3) is 0. The van der Waals surface area contributed by atoms with Crippen molar-refractivity contribution in [2.24, 2.45) is 0 Å². The minimum Gasteiger partial charge on any atom is -0.478 e. The van der Waals surface area contributed by atoms with Crippen LogP contribution < -0.4 is 31.9 Å². The Hall–Kier alpha value is -11.0. The SMILES string of the molecule is O=C(O)c1ccc(Nc2nc(Nc3ccc(C(=O)O)cc3)nc(Nc3ccc(C(=O)O)cc3)n2)cc1.O=C(O)c1ccc(Nc2nc(Nc3ccc(C(=O)O)cc3)nc(Nc3ccc(C(=O)O)cc3)n2)cc1. The summed E-state index contributed by atoms with van der Waals surface area (Å²) >= 11 is 0. The van der Waals surface area contributed by atoms with Crippen LogP contribution in [0.25, 0.3) is 0 Å². The van der Waals surface area contributed by atoms with Crippen molar-refractivity contribution < 1.29 is 59.4 Å². The van der Waals surface area contributed by atoms with Gasteiger partial charge in [-0.05, 0) is 146 Å². The van der Waals surface area contributed by atoms with Gasteiger partial charge in [0.15, 0.2) is 0 Å². The molecule has 0 aliphatic rings. The van der Waals surface area contributed by atoms with Gasteiger partial charge in [-0.3, -0.25) is 0 Å². The number of nitrogens with one attached hydrogen (secondary N) is 6. The number of aromatic nitrogens is 6. The van der Waals surface area contributed by atoms with E-state index in [1.165, 1.54) is 72.8 Å². The van der Waals surface area contributed by atoms with Gasteiger partial charge in [0.1, 0.15) is 0 Å². The first-order valence-electron chi connectivity index (χ1n) is 20.7. The maximum absolute atomic E-state index is 11.1. The molecule has 24 nitrogen and oxygen atoms in total. The number of nitrogens with zero attached hydrogens (tertiary/aromatic N) is 6. The Morgan fingerprint density at radius 3 is 0.431 bits per heavy atom. The van der Waals surface area contributed by atoms with E-state index in [9.17, 15) is 28.8 Å². The fourth-order valence-electron chi connectivity index (χ4n) is 6.04. The van der Waals surface area contributed by atoms with Crippen LogP contribution in [-0.2, 0) is 0 Å². The second kappa shape index (κ2) is 22.2. The van der Waals surface area contributed by atoms with Gasteiger partial charge >= 0.3 is 35.8 Å². The van der Waals surface area contributed by atoms with Crippen LogP contribution in [0.2, 0.25) is 0 Å². The molecule has 0 saturated carbocycles. The highest BCUT2D eigenvalue weighted by Gasteiger charge is 2.14.